The maximum atomic E-state index is 8.76. The molecule has 4 N–H and O–H groups in total. The smallest absolute Gasteiger partial charge is 0.0556 e. The quantitative estimate of drug-likeness (QED) is 0.645. The van der Waals surface area contributed by atoms with Crippen molar-refractivity contribution in [1.29, 1.82) is 0 Å². The highest BCUT2D eigenvalue weighted by Gasteiger charge is 2.16. The number of rotatable bonds is 6. The molecule has 84 valence electrons. The maximum absolute atomic E-state index is 8.76. The van der Waals surface area contributed by atoms with E-state index >= 15 is 0 Å². The van der Waals surface area contributed by atoms with Crippen LogP contribution >= 0.6 is 0 Å². The van der Waals surface area contributed by atoms with Crippen molar-refractivity contribution in [2.24, 2.45) is 5.73 Å². The molecule has 0 fully saturated rings. The van der Waals surface area contributed by atoms with E-state index in [1.54, 1.807) is 0 Å². The summed E-state index contributed by atoms with van der Waals surface area (Å²) in [5.41, 5.74) is 6.98. The molecule has 0 saturated heterocycles. The largest absolute Gasteiger partial charge is 0.395 e. The number of aliphatic hydroxyl groups excluding tert-OH is 1. The lowest BCUT2D eigenvalue weighted by atomic mass is 9.93. The first kappa shape index (κ1) is 12.2. The molecule has 15 heavy (non-hydrogen) atoms. The molecule has 0 aliphatic heterocycles. The zero-order valence-corrected chi connectivity index (χ0v) is 9.19. The van der Waals surface area contributed by atoms with Crippen LogP contribution < -0.4 is 11.1 Å². The van der Waals surface area contributed by atoms with Gasteiger partial charge in [0.15, 0.2) is 0 Å². The molecule has 0 saturated carbocycles. The van der Waals surface area contributed by atoms with Gasteiger partial charge in [0, 0.05) is 19.1 Å². The van der Waals surface area contributed by atoms with Gasteiger partial charge in [0.2, 0.25) is 0 Å². The van der Waals surface area contributed by atoms with Gasteiger partial charge in [-0.3, -0.25) is 0 Å². The molecule has 0 spiro atoms. The van der Waals surface area contributed by atoms with E-state index in [1.165, 1.54) is 5.56 Å². The van der Waals surface area contributed by atoms with Crippen molar-refractivity contribution >= 4 is 0 Å². The zero-order valence-electron chi connectivity index (χ0n) is 9.19. The number of benzene rings is 1. The molecule has 0 heterocycles. The summed E-state index contributed by atoms with van der Waals surface area (Å²) in [6.45, 7) is 3.48. The van der Waals surface area contributed by atoms with Gasteiger partial charge in [-0.2, -0.15) is 0 Å². The average Bonchev–Trinajstić information content (AvgIpc) is 2.31. The van der Waals surface area contributed by atoms with Gasteiger partial charge >= 0.3 is 0 Å². The lowest BCUT2D eigenvalue weighted by Crippen LogP contribution is -2.41. The first-order chi connectivity index (χ1) is 7.29. The summed E-state index contributed by atoms with van der Waals surface area (Å²) in [5, 5.41) is 12.0. The van der Waals surface area contributed by atoms with Gasteiger partial charge in [-0.05, 0) is 11.5 Å². The Morgan fingerprint density at radius 3 is 2.53 bits per heavy atom. The molecule has 1 aromatic rings. The van der Waals surface area contributed by atoms with Gasteiger partial charge in [-0.1, -0.05) is 37.3 Å². The summed E-state index contributed by atoms with van der Waals surface area (Å²) in [6.07, 6.45) is 0. The van der Waals surface area contributed by atoms with Crippen LogP contribution in [0.3, 0.4) is 0 Å². The highest BCUT2D eigenvalue weighted by atomic mass is 16.3. The third-order valence-electron chi connectivity index (χ3n) is 2.70. The Hall–Kier alpha value is -0.900. The lowest BCUT2D eigenvalue weighted by molar-refractivity contribution is 0.280. The van der Waals surface area contributed by atoms with E-state index < -0.39 is 0 Å². The fraction of sp³-hybridized carbons (Fsp3) is 0.500. The molecule has 0 bridgehead atoms. The predicted octanol–water partition coefficient (Wildman–Crippen LogP) is 0.699. The van der Waals surface area contributed by atoms with Crippen LogP contribution in [0.2, 0.25) is 0 Å². The van der Waals surface area contributed by atoms with Crippen LogP contribution in [0, 0.1) is 0 Å². The van der Waals surface area contributed by atoms with Crippen molar-refractivity contribution in [3.8, 4) is 0 Å². The van der Waals surface area contributed by atoms with Crippen molar-refractivity contribution in [3.05, 3.63) is 35.9 Å². The van der Waals surface area contributed by atoms with E-state index in [0.29, 0.717) is 19.0 Å². The lowest BCUT2D eigenvalue weighted by Gasteiger charge is -2.23. The van der Waals surface area contributed by atoms with Crippen LogP contribution in [-0.4, -0.2) is 30.8 Å². The summed E-state index contributed by atoms with van der Waals surface area (Å²) in [7, 11) is 0. The van der Waals surface area contributed by atoms with Crippen LogP contribution in [0.1, 0.15) is 18.4 Å². The number of hydrogen-bond acceptors (Lipinski definition) is 3. The number of nitrogens with one attached hydrogen (secondary N) is 1. The van der Waals surface area contributed by atoms with Crippen molar-refractivity contribution in [3.63, 3.8) is 0 Å². The minimum Gasteiger partial charge on any atom is -0.395 e. The molecule has 3 nitrogen and oxygen atoms in total. The topological polar surface area (TPSA) is 58.3 Å². The second-order valence-corrected chi connectivity index (χ2v) is 3.72. The third kappa shape index (κ3) is 3.63. The first-order valence-electron chi connectivity index (χ1n) is 5.38. The second-order valence-electron chi connectivity index (χ2n) is 3.72. The summed E-state index contributed by atoms with van der Waals surface area (Å²) in [4.78, 5) is 0. The molecule has 2 atom stereocenters. The fourth-order valence-corrected chi connectivity index (χ4v) is 1.70. The van der Waals surface area contributed by atoms with Gasteiger partial charge in [0.1, 0.15) is 0 Å². The molecular formula is C12H20N2O. The molecule has 1 aromatic carbocycles. The Morgan fingerprint density at radius 2 is 2.00 bits per heavy atom. The number of hydrogen-bond donors (Lipinski definition) is 3. The van der Waals surface area contributed by atoms with Crippen LogP contribution in [0.15, 0.2) is 30.3 Å². The minimum absolute atomic E-state index is 0.151. The Bertz CT molecular complexity index is 264. The van der Waals surface area contributed by atoms with E-state index in [0.717, 1.165) is 0 Å². The Kier molecular flexibility index (Phi) is 5.32. The van der Waals surface area contributed by atoms with Crippen LogP contribution in [0.25, 0.3) is 0 Å². The Morgan fingerprint density at radius 1 is 1.33 bits per heavy atom. The molecule has 0 amide bonds. The molecular weight excluding hydrogens is 188 g/mol. The monoisotopic (exact) mass is 208 g/mol. The second kappa shape index (κ2) is 6.56. The summed E-state index contributed by atoms with van der Waals surface area (Å²) in [5.74, 6) is 0.364. The van der Waals surface area contributed by atoms with Crippen molar-refractivity contribution in [2.75, 3.05) is 19.7 Å². The molecule has 2 unspecified atom stereocenters. The number of nitrogens with two attached hydrogens (primary N) is 1. The highest BCUT2D eigenvalue weighted by Crippen LogP contribution is 2.17. The zero-order chi connectivity index (χ0) is 11.1. The van der Waals surface area contributed by atoms with E-state index in [2.05, 4.69) is 24.4 Å². The minimum atomic E-state index is 0.151. The summed E-state index contributed by atoms with van der Waals surface area (Å²) >= 11 is 0. The highest BCUT2D eigenvalue weighted by molar-refractivity contribution is 5.20. The molecule has 3 heteroatoms. The van der Waals surface area contributed by atoms with Crippen molar-refractivity contribution in [1.82, 2.24) is 5.32 Å². The molecule has 0 radical (unpaired) electrons. The molecule has 0 aliphatic carbocycles. The van der Waals surface area contributed by atoms with Crippen LogP contribution in [0.4, 0.5) is 0 Å². The van der Waals surface area contributed by atoms with Gasteiger partial charge in [-0.15, -0.1) is 0 Å². The van der Waals surface area contributed by atoms with Crippen LogP contribution in [0.5, 0.6) is 0 Å². The maximum Gasteiger partial charge on any atom is 0.0556 e. The standard InChI is InChI=1S/C12H20N2O/c1-10(11-5-3-2-4-6-11)12(9-13)14-7-8-15/h2-6,10,12,14-15H,7-9,13H2,1H3. The van der Waals surface area contributed by atoms with E-state index in [9.17, 15) is 0 Å². The van der Waals surface area contributed by atoms with Crippen molar-refractivity contribution in [2.45, 2.75) is 18.9 Å². The SMILES string of the molecule is CC(c1ccccc1)C(CN)NCCO. The first-order valence-corrected chi connectivity index (χ1v) is 5.38. The van der Waals surface area contributed by atoms with Gasteiger partial charge in [-0.25, -0.2) is 0 Å². The predicted molar refractivity (Wildman–Crippen MR) is 62.8 cm³/mol. The van der Waals surface area contributed by atoms with E-state index in [-0.39, 0.29) is 12.6 Å². The van der Waals surface area contributed by atoms with Gasteiger partial charge in [0.25, 0.3) is 0 Å². The Labute approximate surface area is 91.3 Å². The van der Waals surface area contributed by atoms with E-state index in [1.807, 2.05) is 18.2 Å². The third-order valence-corrected chi connectivity index (χ3v) is 2.70. The van der Waals surface area contributed by atoms with Crippen molar-refractivity contribution < 1.29 is 5.11 Å². The Balaban J connectivity index is 2.60. The number of aliphatic hydroxyl groups is 1. The fourth-order valence-electron chi connectivity index (χ4n) is 1.70. The summed E-state index contributed by atoms with van der Waals surface area (Å²) in [6, 6.07) is 10.5. The van der Waals surface area contributed by atoms with Gasteiger partial charge in [0.05, 0.1) is 6.61 Å². The van der Waals surface area contributed by atoms with Gasteiger partial charge < -0.3 is 16.2 Å². The summed E-state index contributed by atoms with van der Waals surface area (Å²) < 4.78 is 0. The normalized spacial score (nSPS) is 14.9. The average molecular weight is 208 g/mol. The molecule has 0 aromatic heterocycles. The molecule has 0 aliphatic rings. The van der Waals surface area contributed by atoms with E-state index in [4.69, 9.17) is 10.8 Å². The molecule has 1 rings (SSSR count). The van der Waals surface area contributed by atoms with Crippen LogP contribution in [-0.2, 0) is 0 Å².